The van der Waals surface area contributed by atoms with Crippen LogP contribution in [0.3, 0.4) is 0 Å². The van der Waals surface area contributed by atoms with Crippen LogP contribution in [0.4, 0.5) is 4.79 Å². The Labute approximate surface area is 123 Å². The number of amides is 2. The number of methoxy groups -OCH3 is 1. The van der Waals surface area contributed by atoms with E-state index >= 15 is 0 Å². The van der Waals surface area contributed by atoms with Gasteiger partial charge in [-0.15, -0.1) is 0 Å². The molecule has 1 saturated heterocycles. The van der Waals surface area contributed by atoms with Crippen LogP contribution in [0.25, 0.3) is 0 Å². The number of carboxylic acids is 1. The van der Waals surface area contributed by atoms with Crippen molar-refractivity contribution in [3.63, 3.8) is 0 Å². The van der Waals surface area contributed by atoms with Crippen molar-refractivity contribution in [1.29, 1.82) is 0 Å². The van der Waals surface area contributed by atoms with E-state index < -0.39 is 12.0 Å². The lowest BCUT2D eigenvalue weighted by molar-refractivity contribution is -0.141. The largest absolute Gasteiger partial charge is 0.496 e. The van der Waals surface area contributed by atoms with Crippen molar-refractivity contribution in [2.45, 2.75) is 25.4 Å². The van der Waals surface area contributed by atoms with Crippen LogP contribution in [-0.4, -0.2) is 53.7 Å². The highest BCUT2D eigenvalue weighted by Gasteiger charge is 2.35. The van der Waals surface area contributed by atoms with Gasteiger partial charge in [0.2, 0.25) is 0 Å². The Morgan fingerprint density at radius 1 is 1.43 bits per heavy atom. The maximum Gasteiger partial charge on any atom is 0.326 e. The molecule has 0 aliphatic carbocycles. The van der Waals surface area contributed by atoms with Gasteiger partial charge >= 0.3 is 12.0 Å². The first-order valence-electron chi connectivity index (χ1n) is 6.91. The zero-order chi connectivity index (χ0) is 15.4. The Kier molecular flexibility index (Phi) is 4.67. The molecule has 1 fully saturated rings. The molecule has 1 aliphatic rings. The summed E-state index contributed by atoms with van der Waals surface area (Å²) in [5.74, 6) is -0.222. The highest BCUT2D eigenvalue weighted by molar-refractivity contribution is 5.83. The second-order valence-electron chi connectivity index (χ2n) is 5.14. The molecule has 1 heterocycles. The van der Waals surface area contributed by atoms with E-state index in [0.717, 1.165) is 12.0 Å². The van der Waals surface area contributed by atoms with Crippen LogP contribution in [0.2, 0.25) is 0 Å². The molecule has 1 aromatic rings. The van der Waals surface area contributed by atoms with Gasteiger partial charge in [-0.2, -0.15) is 0 Å². The van der Waals surface area contributed by atoms with Crippen molar-refractivity contribution >= 4 is 12.0 Å². The topological polar surface area (TPSA) is 70.1 Å². The van der Waals surface area contributed by atoms with E-state index in [1.165, 1.54) is 9.80 Å². The van der Waals surface area contributed by atoms with Crippen molar-refractivity contribution in [2.24, 2.45) is 0 Å². The van der Waals surface area contributed by atoms with E-state index in [1.54, 1.807) is 14.2 Å². The van der Waals surface area contributed by atoms with Crippen LogP contribution in [0.5, 0.6) is 5.75 Å². The van der Waals surface area contributed by atoms with E-state index in [9.17, 15) is 9.59 Å². The molecule has 0 bridgehead atoms. The Morgan fingerprint density at radius 3 is 2.81 bits per heavy atom. The fourth-order valence-electron chi connectivity index (χ4n) is 2.63. The summed E-state index contributed by atoms with van der Waals surface area (Å²) in [6, 6.07) is 6.51. The van der Waals surface area contributed by atoms with Crippen LogP contribution < -0.4 is 4.74 Å². The first-order chi connectivity index (χ1) is 10.0. The average Bonchev–Trinajstić information content (AvgIpc) is 2.96. The summed E-state index contributed by atoms with van der Waals surface area (Å²) in [6.45, 7) is 0.873. The lowest BCUT2D eigenvalue weighted by Crippen LogP contribution is -2.46. The predicted octanol–water partition coefficient (Wildman–Crippen LogP) is 1.80. The molecule has 1 aromatic carbocycles. The Hall–Kier alpha value is -2.24. The number of carboxylic acid groups (broad SMARTS) is 1. The molecule has 1 atom stereocenters. The van der Waals surface area contributed by atoms with Gasteiger partial charge < -0.3 is 19.6 Å². The van der Waals surface area contributed by atoms with Crippen molar-refractivity contribution in [1.82, 2.24) is 9.80 Å². The third kappa shape index (κ3) is 3.26. The molecule has 1 aliphatic heterocycles. The summed E-state index contributed by atoms with van der Waals surface area (Å²) >= 11 is 0. The number of hydrogen-bond acceptors (Lipinski definition) is 3. The molecule has 0 aromatic heterocycles. The van der Waals surface area contributed by atoms with E-state index in [0.29, 0.717) is 25.3 Å². The summed E-state index contributed by atoms with van der Waals surface area (Å²) in [4.78, 5) is 26.5. The molecule has 114 valence electrons. The van der Waals surface area contributed by atoms with Crippen molar-refractivity contribution in [3.8, 4) is 5.75 Å². The molecule has 2 rings (SSSR count). The van der Waals surface area contributed by atoms with Crippen molar-refractivity contribution < 1.29 is 19.4 Å². The molecule has 1 N–H and O–H groups in total. The monoisotopic (exact) mass is 292 g/mol. The van der Waals surface area contributed by atoms with E-state index in [1.807, 2.05) is 24.3 Å². The maximum absolute atomic E-state index is 12.4. The zero-order valence-corrected chi connectivity index (χ0v) is 12.3. The summed E-state index contributed by atoms with van der Waals surface area (Å²) in [7, 11) is 3.26. The minimum atomic E-state index is -0.938. The van der Waals surface area contributed by atoms with Gasteiger partial charge in [-0.1, -0.05) is 18.2 Å². The van der Waals surface area contributed by atoms with E-state index in [-0.39, 0.29) is 6.03 Å². The molecule has 21 heavy (non-hydrogen) atoms. The average molecular weight is 292 g/mol. The minimum absolute atomic E-state index is 0.259. The van der Waals surface area contributed by atoms with E-state index in [4.69, 9.17) is 9.84 Å². The number of aliphatic carboxylic acids is 1. The summed E-state index contributed by atoms with van der Waals surface area (Å²) < 4.78 is 5.27. The number of urea groups is 1. The van der Waals surface area contributed by atoms with E-state index in [2.05, 4.69) is 0 Å². The molecule has 0 spiro atoms. The maximum atomic E-state index is 12.4. The first kappa shape index (κ1) is 15.2. The molecule has 2 amide bonds. The number of benzene rings is 1. The lowest BCUT2D eigenvalue weighted by atomic mass is 10.2. The van der Waals surface area contributed by atoms with Crippen LogP contribution in [0, 0.1) is 0 Å². The Bertz CT molecular complexity index is 532. The SMILES string of the molecule is COc1ccccc1CN(C)C(=O)N1CCC[C@@H]1C(=O)O. The van der Waals surface area contributed by atoms with Gasteiger partial charge in [-0.3, -0.25) is 0 Å². The number of rotatable bonds is 4. The zero-order valence-electron chi connectivity index (χ0n) is 12.3. The molecule has 0 unspecified atom stereocenters. The second kappa shape index (κ2) is 6.47. The Morgan fingerprint density at radius 2 is 2.14 bits per heavy atom. The minimum Gasteiger partial charge on any atom is -0.496 e. The summed E-state index contributed by atoms with van der Waals surface area (Å²) in [6.07, 6.45) is 1.24. The highest BCUT2D eigenvalue weighted by atomic mass is 16.5. The quantitative estimate of drug-likeness (QED) is 0.918. The highest BCUT2D eigenvalue weighted by Crippen LogP contribution is 2.22. The van der Waals surface area contributed by atoms with Gasteiger partial charge in [-0.25, -0.2) is 9.59 Å². The fourth-order valence-corrected chi connectivity index (χ4v) is 2.63. The number of likely N-dealkylation sites (tertiary alicyclic amines) is 1. The fraction of sp³-hybridized carbons (Fsp3) is 0.467. The number of carbonyl (C=O) groups is 2. The number of nitrogens with zero attached hydrogens (tertiary/aromatic N) is 2. The van der Waals surface area contributed by atoms with Gasteiger partial charge in [-0.05, 0) is 18.9 Å². The van der Waals surface area contributed by atoms with Crippen molar-refractivity contribution in [2.75, 3.05) is 20.7 Å². The van der Waals surface area contributed by atoms with Gasteiger partial charge in [0.15, 0.2) is 0 Å². The second-order valence-corrected chi connectivity index (χ2v) is 5.14. The van der Waals surface area contributed by atoms with Crippen LogP contribution in [0.15, 0.2) is 24.3 Å². The summed E-state index contributed by atoms with van der Waals surface area (Å²) in [5.41, 5.74) is 0.891. The molecule has 0 radical (unpaired) electrons. The number of hydrogen-bond donors (Lipinski definition) is 1. The van der Waals surface area contributed by atoms with Crippen molar-refractivity contribution in [3.05, 3.63) is 29.8 Å². The molecular weight excluding hydrogens is 272 g/mol. The molecular formula is C15H20N2O4. The first-order valence-corrected chi connectivity index (χ1v) is 6.91. The molecule has 0 saturated carbocycles. The third-order valence-electron chi connectivity index (χ3n) is 3.71. The number of ether oxygens (including phenoxy) is 1. The molecule has 6 nitrogen and oxygen atoms in total. The molecule has 6 heteroatoms. The normalized spacial score (nSPS) is 17.6. The Balaban J connectivity index is 2.07. The predicted molar refractivity (Wildman–Crippen MR) is 77.2 cm³/mol. The smallest absolute Gasteiger partial charge is 0.326 e. The van der Waals surface area contributed by atoms with Crippen LogP contribution >= 0.6 is 0 Å². The number of carbonyl (C=O) groups excluding carboxylic acids is 1. The van der Waals surface area contributed by atoms with Gasteiger partial charge in [0.1, 0.15) is 11.8 Å². The standard InChI is InChI=1S/C15H20N2O4/c1-16(10-11-6-3-4-8-13(11)21-2)15(20)17-9-5-7-12(17)14(18)19/h3-4,6,8,12H,5,7,9-10H2,1-2H3,(H,18,19)/t12-/m1/s1. The van der Waals surface area contributed by atoms with Gasteiger partial charge in [0, 0.05) is 19.2 Å². The van der Waals surface area contributed by atoms with Gasteiger partial charge in [0.25, 0.3) is 0 Å². The van der Waals surface area contributed by atoms with Crippen LogP contribution in [-0.2, 0) is 11.3 Å². The lowest BCUT2D eigenvalue weighted by Gasteiger charge is -2.28. The third-order valence-corrected chi connectivity index (χ3v) is 3.71. The van der Waals surface area contributed by atoms with Gasteiger partial charge in [0.05, 0.1) is 13.7 Å². The van der Waals surface area contributed by atoms with Crippen LogP contribution in [0.1, 0.15) is 18.4 Å². The summed E-state index contributed by atoms with van der Waals surface area (Å²) in [5, 5.41) is 9.15. The number of para-hydroxylation sites is 1.